The summed E-state index contributed by atoms with van der Waals surface area (Å²) in [5.74, 6) is -1.42. The molecule has 0 saturated carbocycles. The number of carbonyl (C=O) groups excluding carboxylic acids is 1. The SMILES string of the molecule is CCc1ccc(CN(C[C@@H](O)[C@@H](N)Cc2cc(F)cc(F)c2)C(=O)OCc2ccccc2)cc1. The van der Waals surface area contributed by atoms with Crippen molar-refractivity contribution in [2.24, 2.45) is 5.73 Å². The second-order valence-electron chi connectivity index (χ2n) is 8.30. The average molecular weight is 469 g/mol. The van der Waals surface area contributed by atoms with Crippen LogP contribution in [-0.4, -0.2) is 34.8 Å². The van der Waals surface area contributed by atoms with Gasteiger partial charge in [-0.2, -0.15) is 0 Å². The van der Waals surface area contributed by atoms with Crippen molar-refractivity contribution in [1.82, 2.24) is 4.90 Å². The highest BCUT2D eigenvalue weighted by molar-refractivity contribution is 5.67. The van der Waals surface area contributed by atoms with Crippen LogP contribution in [0.3, 0.4) is 0 Å². The van der Waals surface area contributed by atoms with Crippen molar-refractivity contribution in [3.05, 3.63) is 107 Å². The van der Waals surface area contributed by atoms with Gasteiger partial charge in [-0.3, -0.25) is 0 Å². The fourth-order valence-corrected chi connectivity index (χ4v) is 3.61. The van der Waals surface area contributed by atoms with E-state index in [-0.39, 0.29) is 26.1 Å². The number of nitrogens with two attached hydrogens (primary N) is 1. The monoisotopic (exact) mass is 468 g/mol. The van der Waals surface area contributed by atoms with Crippen molar-refractivity contribution in [3.63, 3.8) is 0 Å². The summed E-state index contributed by atoms with van der Waals surface area (Å²) in [5.41, 5.74) is 9.34. The first kappa shape index (κ1) is 25.3. The molecule has 3 N–H and O–H groups in total. The van der Waals surface area contributed by atoms with E-state index < -0.39 is 29.9 Å². The molecule has 0 saturated heterocycles. The Hall–Kier alpha value is -3.29. The summed E-state index contributed by atoms with van der Waals surface area (Å²) in [4.78, 5) is 14.3. The lowest BCUT2D eigenvalue weighted by atomic mass is 10.0. The first-order valence-corrected chi connectivity index (χ1v) is 11.3. The fourth-order valence-electron chi connectivity index (χ4n) is 3.61. The Bertz CT molecular complexity index is 1040. The Labute approximate surface area is 198 Å². The molecule has 0 heterocycles. The van der Waals surface area contributed by atoms with E-state index in [4.69, 9.17) is 10.5 Å². The van der Waals surface area contributed by atoms with Crippen LogP contribution in [0.2, 0.25) is 0 Å². The molecule has 3 aromatic carbocycles. The summed E-state index contributed by atoms with van der Waals surface area (Å²) in [7, 11) is 0. The smallest absolute Gasteiger partial charge is 0.410 e. The van der Waals surface area contributed by atoms with Crippen LogP contribution in [0.4, 0.5) is 13.6 Å². The Morgan fingerprint density at radius 2 is 1.56 bits per heavy atom. The molecule has 7 heteroatoms. The zero-order chi connectivity index (χ0) is 24.5. The van der Waals surface area contributed by atoms with Crippen molar-refractivity contribution in [1.29, 1.82) is 0 Å². The maximum Gasteiger partial charge on any atom is 0.410 e. The largest absolute Gasteiger partial charge is 0.445 e. The second-order valence-corrected chi connectivity index (χ2v) is 8.30. The number of aliphatic hydroxyl groups excluding tert-OH is 1. The minimum Gasteiger partial charge on any atom is -0.445 e. The van der Waals surface area contributed by atoms with Gasteiger partial charge in [0.2, 0.25) is 0 Å². The Kier molecular flexibility index (Phi) is 9.13. The quantitative estimate of drug-likeness (QED) is 0.456. The van der Waals surface area contributed by atoms with Gasteiger partial charge in [-0.05, 0) is 47.2 Å². The Morgan fingerprint density at radius 1 is 0.941 bits per heavy atom. The van der Waals surface area contributed by atoms with Crippen LogP contribution in [0.1, 0.15) is 29.2 Å². The lowest BCUT2D eigenvalue weighted by Gasteiger charge is -2.28. The molecule has 1 amide bonds. The van der Waals surface area contributed by atoms with Crippen molar-refractivity contribution in [2.45, 2.75) is 45.1 Å². The molecule has 34 heavy (non-hydrogen) atoms. The predicted molar refractivity (Wildman–Crippen MR) is 127 cm³/mol. The van der Waals surface area contributed by atoms with E-state index >= 15 is 0 Å². The van der Waals surface area contributed by atoms with E-state index in [9.17, 15) is 18.7 Å². The fraction of sp³-hybridized carbons (Fsp3) is 0.296. The lowest BCUT2D eigenvalue weighted by molar-refractivity contribution is 0.0575. The maximum absolute atomic E-state index is 13.5. The van der Waals surface area contributed by atoms with Gasteiger partial charge in [0.1, 0.15) is 18.2 Å². The van der Waals surface area contributed by atoms with Gasteiger partial charge in [-0.25, -0.2) is 13.6 Å². The van der Waals surface area contributed by atoms with Gasteiger partial charge in [0.15, 0.2) is 0 Å². The van der Waals surface area contributed by atoms with Crippen LogP contribution in [0.25, 0.3) is 0 Å². The highest BCUT2D eigenvalue weighted by Crippen LogP contribution is 2.14. The number of nitrogens with zero attached hydrogens (tertiary/aromatic N) is 1. The van der Waals surface area contributed by atoms with Gasteiger partial charge in [0, 0.05) is 18.7 Å². The van der Waals surface area contributed by atoms with E-state index in [0.29, 0.717) is 5.56 Å². The van der Waals surface area contributed by atoms with Crippen LogP contribution < -0.4 is 5.73 Å². The van der Waals surface area contributed by atoms with Crippen molar-refractivity contribution in [2.75, 3.05) is 6.54 Å². The standard InChI is InChI=1S/C27H30F2N2O3/c1-2-19-8-10-20(11-9-19)16-31(27(33)34-18-21-6-4-3-5-7-21)17-26(32)25(30)14-22-12-23(28)15-24(29)13-22/h3-13,15,25-26,32H,2,14,16-18,30H2,1H3/t25-,26+/m0/s1. The summed E-state index contributed by atoms with van der Waals surface area (Å²) in [6.07, 6.45) is -0.775. The van der Waals surface area contributed by atoms with Crippen molar-refractivity contribution in [3.8, 4) is 0 Å². The molecule has 5 nitrogen and oxygen atoms in total. The average Bonchev–Trinajstić information content (AvgIpc) is 2.82. The third-order valence-corrected chi connectivity index (χ3v) is 5.56. The summed E-state index contributed by atoms with van der Waals surface area (Å²) in [6.45, 7) is 2.28. The van der Waals surface area contributed by atoms with E-state index in [1.807, 2.05) is 54.6 Å². The summed E-state index contributed by atoms with van der Waals surface area (Å²) >= 11 is 0. The topological polar surface area (TPSA) is 75.8 Å². The third-order valence-electron chi connectivity index (χ3n) is 5.56. The molecule has 0 aliphatic carbocycles. The molecule has 0 unspecified atom stereocenters. The Balaban J connectivity index is 1.69. The van der Waals surface area contributed by atoms with Crippen LogP contribution >= 0.6 is 0 Å². The maximum atomic E-state index is 13.5. The number of rotatable bonds is 10. The molecule has 2 atom stereocenters. The zero-order valence-electron chi connectivity index (χ0n) is 19.2. The first-order chi connectivity index (χ1) is 16.3. The molecule has 0 spiro atoms. The van der Waals surface area contributed by atoms with Gasteiger partial charge >= 0.3 is 6.09 Å². The number of benzene rings is 3. The minimum absolute atomic E-state index is 0.0496. The predicted octanol–water partition coefficient (Wildman–Crippen LogP) is 4.60. The highest BCUT2D eigenvalue weighted by atomic mass is 19.1. The first-order valence-electron chi connectivity index (χ1n) is 11.3. The van der Waals surface area contributed by atoms with Crippen LogP contribution in [0.15, 0.2) is 72.8 Å². The molecule has 0 fully saturated rings. The summed E-state index contributed by atoms with van der Waals surface area (Å²) in [5, 5.41) is 10.7. The van der Waals surface area contributed by atoms with E-state index in [0.717, 1.165) is 23.6 Å². The van der Waals surface area contributed by atoms with Gasteiger partial charge in [-0.15, -0.1) is 0 Å². The van der Waals surface area contributed by atoms with Crippen molar-refractivity contribution >= 4 is 6.09 Å². The molecule has 0 bridgehead atoms. The molecule has 0 aliphatic heterocycles. The molecular formula is C27H30F2N2O3. The molecule has 180 valence electrons. The number of halogens is 2. The molecule has 0 radical (unpaired) electrons. The van der Waals surface area contributed by atoms with Crippen LogP contribution in [0, 0.1) is 11.6 Å². The molecule has 0 aliphatic rings. The van der Waals surface area contributed by atoms with Crippen LogP contribution in [-0.2, 0) is 30.7 Å². The third kappa shape index (κ3) is 7.64. The van der Waals surface area contributed by atoms with Gasteiger partial charge in [0.05, 0.1) is 12.6 Å². The molecule has 3 rings (SSSR count). The summed E-state index contributed by atoms with van der Waals surface area (Å²) in [6, 6.07) is 19.4. The van der Waals surface area contributed by atoms with E-state index in [1.165, 1.54) is 22.6 Å². The highest BCUT2D eigenvalue weighted by Gasteiger charge is 2.24. The van der Waals surface area contributed by atoms with Crippen molar-refractivity contribution < 1.29 is 23.4 Å². The van der Waals surface area contributed by atoms with Gasteiger partial charge < -0.3 is 20.5 Å². The number of carbonyl (C=O) groups is 1. The van der Waals surface area contributed by atoms with E-state index in [1.54, 1.807) is 0 Å². The molecule has 3 aromatic rings. The van der Waals surface area contributed by atoms with Gasteiger partial charge in [-0.1, -0.05) is 61.5 Å². The number of amides is 1. The van der Waals surface area contributed by atoms with E-state index in [2.05, 4.69) is 6.92 Å². The summed E-state index contributed by atoms with van der Waals surface area (Å²) < 4.78 is 32.5. The second kappa shape index (κ2) is 12.3. The normalized spacial score (nSPS) is 12.7. The van der Waals surface area contributed by atoms with Crippen LogP contribution in [0.5, 0.6) is 0 Å². The van der Waals surface area contributed by atoms with Gasteiger partial charge in [0.25, 0.3) is 0 Å². The number of hydrogen-bond acceptors (Lipinski definition) is 4. The lowest BCUT2D eigenvalue weighted by Crippen LogP contribution is -2.46. The number of ether oxygens (including phenoxy) is 1. The number of hydrogen-bond donors (Lipinski definition) is 2. The minimum atomic E-state index is -1.13. The Morgan fingerprint density at radius 3 is 2.18 bits per heavy atom. The zero-order valence-corrected chi connectivity index (χ0v) is 19.2. The number of aliphatic hydroxyl groups is 1. The molecule has 0 aromatic heterocycles. The number of aryl methyl sites for hydroxylation is 1. The molecular weight excluding hydrogens is 438 g/mol.